The average Bonchev–Trinajstić information content (AvgIpc) is 2.67. The molecule has 1 aliphatic rings. The number of halogens is 4. The molecule has 0 radical (unpaired) electrons. The number of benzene rings is 1. The second kappa shape index (κ2) is 7.15. The number of anilines is 1. The molecule has 0 spiro atoms. The molecule has 2 amide bonds. The number of hydrogen-bond donors (Lipinski definition) is 1. The van der Waals surface area contributed by atoms with E-state index in [0.29, 0.717) is 0 Å². The van der Waals surface area contributed by atoms with Crippen molar-refractivity contribution in [1.82, 2.24) is 4.90 Å². The smallest absolute Gasteiger partial charge is 0.434 e. The second-order valence-electron chi connectivity index (χ2n) is 5.67. The van der Waals surface area contributed by atoms with E-state index in [1.165, 1.54) is 24.3 Å². The Hall–Kier alpha value is -1.89. The van der Waals surface area contributed by atoms with E-state index in [1.54, 1.807) is 20.8 Å². The number of likely N-dealkylation sites (N-methyl/N-ethyl adjacent to an activating group) is 1. The highest BCUT2D eigenvalue weighted by atomic mass is 35.5. The van der Waals surface area contributed by atoms with Gasteiger partial charge >= 0.3 is 12.2 Å². The number of carbonyl (C=O) groups excluding carboxylic acids is 1. The molecular formula is C17H20ClF3N2O2. The molecular weight excluding hydrogens is 357 g/mol. The predicted molar refractivity (Wildman–Crippen MR) is 90.6 cm³/mol. The fourth-order valence-corrected chi connectivity index (χ4v) is 2.95. The average molecular weight is 377 g/mol. The van der Waals surface area contributed by atoms with E-state index in [0.717, 1.165) is 4.90 Å². The van der Waals surface area contributed by atoms with Crippen LogP contribution in [0.4, 0.5) is 23.7 Å². The number of nitrogens with zero attached hydrogens (tertiary/aromatic N) is 1. The Morgan fingerprint density at radius 2 is 2.12 bits per heavy atom. The lowest BCUT2D eigenvalue weighted by Gasteiger charge is -2.39. The molecule has 2 rings (SSSR count). The van der Waals surface area contributed by atoms with Crippen LogP contribution in [0, 0.1) is 0 Å². The lowest BCUT2D eigenvalue weighted by molar-refractivity contribution is -0.275. The quantitative estimate of drug-likeness (QED) is 0.725. The lowest BCUT2D eigenvalue weighted by atomic mass is 9.90. The topological polar surface area (TPSA) is 41.6 Å². The molecule has 1 aromatic carbocycles. The molecule has 0 fully saturated rings. The zero-order valence-corrected chi connectivity index (χ0v) is 15.0. The Kier molecular flexibility index (Phi) is 5.56. The molecule has 0 saturated carbocycles. The molecule has 25 heavy (non-hydrogen) atoms. The Bertz CT molecular complexity index is 691. The van der Waals surface area contributed by atoms with E-state index < -0.39 is 24.4 Å². The minimum Gasteiger partial charge on any atom is -0.476 e. The van der Waals surface area contributed by atoms with Gasteiger partial charge in [0.25, 0.3) is 0 Å². The summed E-state index contributed by atoms with van der Waals surface area (Å²) in [5, 5.41) is 2.65. The van der Waals surface area contributed by atoms with Crippen LogP contribution in [0.1, 0.15) is 32.8 Å². The zero-order chi connectivity index (χ0) is 18.8. The summed E-state index contributed by atoms with van der Waals surface area (Å²) in [5.41, 5.74) is -2.88. The van der Waals surface area contributed by atoms with Crippen molar-refractivity contribution in [2.24, 2.45) is 0 Å². The summed E-state index contributed by atoms with van der Waals surface area (Å²) in [4.78, 5) is 13.4. The van der Waals surface area contributed by atoms with Gasteiger partial charge in [0, 0.05) is 23.6 Å². The van der Waals surface area contributed by atoms with Crippen molar-refractivity contribution in [3.05, 3.63) is 40.6 Å². The maximum absolute atomic E-state index is 14.3. The van der Waals surface area contributed by atoms with Crippen LogP contribution in [0.25, 0.3) is 0 Å². The van der Waals surface area contributed by atoms with Crippen molar-refractivity contribution < 1.29 is 22.7 Å². The molecule has 1 N–H and O–H groups in total. The van der Waals surface area contributed by atoms with E-state index >= 15 is 0 Å². The molecule has 1 aromatic rings. The molecule has 1 aliphatic heterocycles. The van der Waals surface area contributed by atoms with Crippen LogP contribution in [0.15, 0.2) is 30.0 Å². The summed E-state index contributed by atoms with van der Waals surface area (Å²) in [6, 6.07) is 3.38. The third kappa shape index (κ3) is 3.56. The monoisotopic (exact) mass is 376 g/mol. The first-order valence-corrected chi connectivity index (χ1v) is 8.33. The van der Waals surface area contributed by atoms with E-state index in [1.807, 2.05) is 0 Å². The molecule has 0 aromatic heterocycles. The van der Waals surface area contributed by atoms with Gasteiger partial charge in [-0.3, -0.25) is 0 Å². The predicted octanol–water partition coefficient (Wildman–Crippen LogP) is 5.30. The molecule has 8 heteroatoms. The Balaban J connectivity index is 2.76. The van der Waals surface area contributed by atoms with Crippen LogP contribution in [0.3, 0.4) is 0 Å². The summed E-state index contributed by atoms with van der Waals surface area (Å²) < 4.78 is 48.4. The highest BCUT2D eigenvalue weighted by Crippen LogP contribution is 2.49. The van der Waals surface area contributed by atoms with Gasteiger partial charge in [-0.2, -0.15) is 13.2 Å². The highest BCUT2D eigenvalue weighted by Gasteiger charge is 2.62. The summed E-state index contributed by atoms with van der Waals surface area (Å²) in [6.07, 6.45) is -2.98. The van der Waals surface area contributed by atoms with Crippen LogP contribution in [-0.2, 0) is 10.3 Å². The van der Waals surface area contributed by atoms with Gasteiger partial charge in [-0.25, -0.2) is 4.79 Å². The van der Waals surface area contributed by atoms with Gasteiger partial charge in [0.1, 0.15) is 0 Å². The minimum absolute atomic E-state index is 0.0363. The fourth-order valence-electron chi connectivity index (χ4n) is 2.78. The molecule has 0 bridgehead atoms. The van der Waals surface area contributed by atoms with Crippen molar-refractivity contribution >= 4 is 23.3 Å². The van der Waals surface area contributed by atoms with Crippen molar-refractivity contribution in [2.45, 2.75) is 39.0 Å². The number of alkyl halides is 3. The second-order valence-corrected chi connectivity index (χ2v) is 6.11. The molecule has 1 heterocycles. The minimum atomic E-state index is -4.77. The number of allylic oxidation sites excluding steroid dienone is 2. The van der Waals surface area contributed by atoms with Crippen molar-refractivity contribution in [1.29, 1.82) is 0 Å². The van der Waals surface area contributed by atoms with Crippen LogP contribution in [0.2, 0.25) is 5.02 Å². The van der Waals surface area contributed by atoms with Crippen LogP contribution in [0.5, 0.6) is 0 Å². The number of ether oxygens (including phenoxy) is 1. The Labute approximate surface area is 149 Å². The van der Waals surface area contributed by atoms with Gasteiger partial charge in [0.05, 0.1) is 18.0 Å². The molecule has 138 valence electrons. The fraction of sp³-hybridized carbons (Fsp3) is 0.471. The van der Waals surface area contributed by atoms with Gasteiger partial charge in [-0.15, -0.1) is 0 Å². The van der Waals surface area contributed by atoms with Crippen LogP contribution < -0.4 is 5.32 Å². The first-order valence-electron chi connectivity index (χ1n) is 7.95. The molecule has 0 unspecified atom stereocenters. The third-order valence-corrected chi connectivity index (χ3v) is 4.41. The largest absolute Gasteiger partial charge is 0.476 e. The van der Waals surface area contributed by atoms with E-state index in [-0.39, 0.29) is 35.0 Å². The van der Waals surface area contributed by atoms with Gasteiger partial charge < -0.3 is 15.0 Å². The van der Waals surface area contributed by atoms with Crippen LogP contribution >= 0.6 is 11.6 Å². The lowest BCUT2D eigenvalue weighted by Crippen LogP contribution is -2.53. The standard InChI is InChI=1S/C17H20ClF3N2O2/c1-4-12(5-2)25-16(17(19,20)21)10-23(6-3)15(24)22-14-8-7-11(18)9-13(14)16/h4,7-9H,5-6,10H2,1-3H3,(H,22,24)/t16-/m0/s1. The first-order chi connectivity index (χ1) is 11.7. The summed E-state index contributed by atoms with van der Waals surface area (Å²) in [7, 11) is 0. The highest BCUT2D eigenvalue weighted by molar-refractivity contribution is 6.30. The van der Waals surface area contributed by atoms with Crippen molar-refractivity contribution in [3.8, 4) is 0 Å². The summed E-state index contributed by atoms with van der Waals surface area (Å²) >= 11 is 5.95. The number of nitrogens with one attached hydrogen (secondary N) is 1. The van der Waals surface area contributed by atoms with Crippen LogP contribution in [-0.4, -0.2) is 30.2 Å². The number of hydrogen-bond acceptors (Lipinski definition) is 2. The maximum atomic E-state index is 14.3. The third-order valence-electron chi connectivity index (χ3n) is 4.17. The van der Waals surface area contributed by atoms with Gasteiger partial charge in [-0.1, -0.05) is 18.5 Å². The van der Waals surface area contributed by atoms with Crippen molar-refractivity contribution in [2.75, 3.05) is 18.4 Å². The molecule has 1 atom stereocenters. The Morgan fingerprint density at radius 3 is 2.64 bits per heavy atom. The van der Waals surface area contributed by atoms with Gasteiger partial charge in [0.15, 0.2) is 0 Å². The van der Waals surface area contributed by atoms with Gasteiger partial charge in [-0.05, 0) is 38.1 Å². The van der Waals surface area contributed by atoms with Crippen molar-refractivity contribution in [3.63, 3.8) is 0 Å². The van der Waals surface area contributed by atoms with Gasteiger partial charge in [0.2, 0.25) is 5.60 Å². The number of carbonyl (C=O) groups is 1. The molecule has 0 saturated heterocycles. The SMILES string of the molecule is CC=C(CC)O[C@@]1(C(F)(F)F)CN(CC)C(=O)Nc2ccc(Cl)cc21. The number of urea groups is 1. The van der Waals surface area contributed by atoms with E-state index in [2.05, 4.69) is 5.32 Å². The maximum Gasteiger partial charge on any atom is 0.434 e. The molecule has 0 aliphatic carbocycles. The Morgan fingerprint density at radius 1 is 1.44 bits per heavy atom. The zero-order valence-electron chi connectivity index (χ0n) is 14.2. The van der Waals surface area contributed by atoms with E-state index in [9.17, 15) is 18.0 Å². The summed E-state index contributed by atoms with van der Waals surface area (Å²) in [6.45, 7) is 4.37. The number of fused-ring (bicyclic) bond motifs is 1. The normalized spacial score (nSPS) is 21.5. The summed E-state index contributed by atoms with van der Waals surface area (Å²) in [5.74, 6) is 0.189. The molecule has 4 nitrogen and oxygen atoms in total. The number of rotatable bonds is 4. The first kappa shape index (κ1) is 19.4. The van der Waals surface area contributed by atoms with E-state index in [4.69, 9.17) is 16.3 Å². The number of amides is 2.